The second-order valence-electron chi connectivity index (χ2n) is 7.49. The minimum Gasteiger partial charge on any atom is -0.345 e. The number of amides is 2. The summed E-state index contributed by atoms with van der Waals surface area (Å²) in [5, 5.41) is 0. The highest BCUT2D eigenvalue weighted by Crippen LogP contribution is 2.40. The SMILES string of the molecule is CN1CC2(CCN(C(=O)c3cccc(-c4ccccc4)n3)CC2)CC1=O. The van der Waals surface area contributed by atoms with Crippen LogP contribution in [0.2, 0.25) is 0 Å². The molecule has 134 valence electrons. The summed E-state index contributed by atoms with van der Waals surface area (Å²) in [6, 6.07) is 15.5. The van der Waals surface area contributed by atoms with Gasteiger partial charge in [0.15, 0.2) is 0 Å². The van der Waals surface area contributed by atoms with Crippen molar-refractivity contribution in [2.45, 2.75) is 19.3 Å². The minimum atomic E-state index is -0.0182. The summed E-state index contributed by atoms with van der Waals surface area (Å²) in [5.41, 5.74) is 2.36. The number of pyridine rings is 1. The lowest BCUT2D eigenvalue weighted by Crippen LogP contribution is -2.44. The summed E-state index contributed by atoms with van der Waals surface area (Å²) < 4.78 is 0. The Morgan fingerprint density at radius 2 is 1.77 bits per heavy atom. The zero-order valence-corrected chi connectivity index (χ0v) is 15.0. The Morgan fingerprint density at radius 3 is 2.42 bits per heavy atom. The Kier molecular flexibility index (Phi) is 4.23. The van der Waals surface area contributed by atoms with E-state index >= 15 is 0 Å². The van der Waals surface area contributed by atoms with Gasteiger partial charge in [-0.15, -0.1) is 0 Å². The van der Waals surface area contributed by atoms with E-state index in [4.69, 9.17) is 0 Å². The number of benzene rings is 1. The van der Waals surface area contributed by atoms with Gasteiger partial charge in [-0.05, 0) is 25.0 Å². The van der Waals surface area contributed by atoms with Gasteiger partial charge in [-0.25, -0.2) is 4.98 Å². The molecule has 0 unspecified atom stereocenters. The van der Waals surface area contributed by atoms with Crippen molar-refractivity contribution in [2.24, 2.45) is 5.41 Å². The number of nitrogens with zero attached hydrogens (tertiary/aromatic N) is 3. The highest BCUT2D eigenvalue weighted by Gasteiger charge is 2.44. The summed E-state index contributed by atoms with van der Waals surface area (Å²) in [6.07, 6.45) is 2.38. The molecule has 0 atom stereocenters. The van der Waals surface area contributed by atoms with Gasteiger partial charge < -0.3 is 9.80 Å². The van der Waals surface area contributed by atoms with Gasteiger partial charge in [-0.1, -0.05) is 36.4 Å². The van der Waals surface area contributed by atoms with Gasteiger partial charge in [0.1, 0.15) is 5.69 Å². The van der Waals surface area contributed by atoms with Crippen LogP contribution in [-0.2, 0) is 4.79 Å². The molecule has 2 amide bonds. The third-order valence-corrected chi connectivity index (χ3v) is 5.67. The molecule has 2 saturated heterocycles. The molecule has 26 heavy (non-hydrogen) atoms. The molecule has 0 radical (unpaired) electrons. The van der Waals surface area contributed by atoms with Gasteiger partial charge in [0.25, 0.3) is 5.91 Å². The number of carbonyl (C=O) groups is 2. The standard InChI is InChI=1S/C21H23N3O2/c1-23-15-21(14-19(23)25)10-12-24(13-11-21)20(26)18-9-5-8-17(22-18)16-6-3-2-4-7-16/h2-9H,10-15H2,1H3. The summed E-state index contributed by atoms with van der Waals surface area (Å²) in [7, 11) is 1.87. The third-order valence-electron chi connectivity index (χ3n) is 5.67. The first-order valence-corrected chi connectivity index (χ1v) is 9.12. The van der Waals surface area contributed by atoms with Crippen LogP contribution in [0.3, 0.4) is 0 Å². The lowest BCUT2D eigenvalue weighted by Gasteiger charge is -2.38. The van der Waals surface area contributed by atoms with E-state index in [9.17, 15) is 9.59 Å². The monoisotopic (exact) mass is 349 g/mol. The molecule has 0 aliphatic carbocycles. The molecule has 0 bridgehead atoms. The first-order chi connectivity index (χ1) is 12.6. The Hall–Kier alpha value is -2.69. The molecular formula is C21H23N3O2. The van der Waals surface area contributed by atoms with Crippen molar-refractivity contribution in [3.63, 3.8) is 0 Å². The maximum atomic E-state index is 12.9. The van der Waals surface area contributed by atoms with Crippen molar-refractivity contribution >= 4 is 11.8 Å². The van der Waals surface area contributed by atoms with Crippen molar-refractivity contribution in [3.8, 4) is 11.3 Å². The van der Waals surface area contributed by atoms with Gasteiger partial charge in [0.05, 0.1) is 5.69 Å². The third kappa shape index (κ3) is 3.09. The number of piperidine rings is 1. The van der Waals surface area contributed by atoms with E-state index in [1.54, 1.807) is 6.07 Å². The molecule has 5 heteroatoms. The smallest absolute Gasteiger partial charge is 0.272 e. The minimum absolute atomic E-state index is 0.0182. The van der Waals surface area contributed by atoms with Crippen LogP contribution >= 0.6 is 0 Å². The van der Waals surface area contributed by atoms with E-state index < -0.39 is 0 Å². The molecule has 3 heterocycles. The molecule has 2 fully saturated rings. The molecule has 2 aromatic rings. The largest absolute Gasteiger partial charge is 0.345 e. The van der Waals surface area contributed by atoms with Crippen LogP contribution < -0.4 is 0 Å². The summed E-state index contributed by atoms with van der Waals surface area (Å²) in [6.45, 7) is 2.20. The molecule has 1 aromatic heterocycles. The van der Waals surface area contributed by atoms with E-state index in [0.717, 1.165) is 30.6 Å². The van der Waals surface area contributed by atoms with Gasteiger partial charge >= 0.3 is 0 Å². The topological polar surface area (TPSA) is 53.5 Å². The second-order valence-corrected chi connectivity index (χ2v) is 7.49. The van der Waals surface area contributed by atoms with Gasteiger partial charge in [0, 0.05) is 44.1 Å². The molecule has 1 spiro atoms. The molecular weight excluding hydrogens is 326 g/mol. The predicted octanol–water partition coefficient (Wildman–Crippen LogP) is 2.83. The van der Waals surface area contributed by atoms with Crippen LogP contribution in [0.15, 0.2) is 48.5 Å². The quantitative estimate of drug-likeness (QED) is 0.838. The fraction of sp³-hybridized carbons (Fsp3) is 0.381. The fourth-order valence-corrected chi connectivity index (χ4v) is 4.11. The van der Waals surface area contributed by atoms with E-state index in [1.165, 1.54) is 0 Å². The summed E-state index contributed by atoms with van der Waals surface area (Å²) >= 11 is 0. The second kappa shape index (κ2) is 6.56. The Morgan fingerprint density at radius 1 is 1.04 bits per heavy atom. The van der Waals surface area contributed by atoms with Crippen LogP contribution in [0.4, 0.5) is 0 Å². The van der Waals surface area contributed by atoms with E-state index in [-0.39, 0.29) is 17.2 Å². The average Bonchev–Trinajstić information content (AvgIpc) is 2.96. The van der Waals surface area contributed by atoms with Gasteiger partial charge in [-0.3, -0.25) is 9.59 Å². The molecule has 4 rings (SSSR count). The Labute approximate surface area is 153 Å². The molecule has 0 N–H and O–H groups in total. The highest BCUT2D eigenvalue weighted by atomic mass is 16.2. The zero-order chi connectivity index (χ0) is 18.1. The van der Waals surface area contributed by atoms with Crippen LogP contribution in [0.1, 0.15) is 29.8 Å². The van der Waals surface area contributed by atoms with E-state index in [2.05, 4.69) is 4.98 Å². The first kappa shape index (κ1) is 16.8. The first-order valence-electron chi connectivity index (χ1n) is 9.12. The zero-order valence-electron chi connectivity index (χ0n) is 15.0. The van der Waals surface area contributed by atoms with Crippen LogP contribution in [0.25, 0.3) is 11.3 Å². The normalized spacial score (nSPS) is 19.2. The summed E-state index contributed by atoms with van der Waals surface area (Å²) in [4.78, 5) is 33.1. The molecule has 1 aromatic carbocycles. The fourth-order valence-electron chi connectivity index (χ4n) is 4.11. The number of carbonyl (C=O) groups excluding carboxylic acids is 2. The van der Waals surface area contributed by atoms with Crippen LogP contribution in [0, 0.1) is 5.41 Å². The predicted molar refractivity (Wildman–Crippen MR) is 99.5 cm³/mol. The average molecular weight is 349 g/mol. The number of hydrogen-bond donors (Lipinski definition) is 0. The maximum absolute atomic E-state index is 12.9. The van der Waals surface area contributed by atoms with Crippen molar-refractivity contribution < 1.29 is 9.59 Å². The van der Waals surface area contributed by atoms with E-state index in [1.807, 2.05) is 59.3 Å². The molecule has 5 nitrogen and oxygen atoms in total. The van der Waals surface area contributed by atoms with Gasteiger partial charge in [-0.2, -0.15) is 0 Å². The Balaban J connectivity index is 1.47. The summed E-state index contributed by atoms with van der Waals surface area (Å²) in [5.74, 6) is 0.206. The number of rotatable bonds is 2. The number of hydrogen-bond acceptors (Lipinski definition) is 3. The van der Waals surface area contributed by atoms with Crippen molar-refractivity contribution in [1.29, 1.82) is 0 Å². The molecule has 2 aliphatic heterocycles. The number of aromatic nitrogens is 1. The van der Waals surface area contributed by atoms with Crippen LogP contribution in [0.5, 0.6) is 0 Å². The molecule has 0 saturated carbocycles. The number of likely N-dealkylation sites (tertiary alicyclic amines) is 2. The van der Waals surface area contributed by atoms with Crippen molar-refractivity contribution in [3.05, 3.63) is 54.2 Å². The lowest BCUT2D eigenvalue weighted by molar-refractivity contribution is -0.126. The van der Waals surface area contributed by atoms with Crippen molar-refractivity contribution in [2.75, 3.05) is 26.7 Å². The van der Waals surface area contributed by atoms with Gasteiger partial charge in [0.2, 0.25) is 5.91 Å². The highest BCUT2D eigenvalue weighted by molar-refractivity contribution is 5.93. The lowest BCUT2D eigenvalue weighted by atomic mass is 9.77. The van der Waals surface area contributed by atoms with Crippen LogP contribution in [-0.4, -0.2) is 53.3 Å². The Bertz CT molecular complexity index is 826. The van der Waals surface area contributed by atoms with Crippen molar-refractivity contribution in [1.82, 2.24) is 14.8 Å². The maximum Gasteiger partial charge on any atom is 0.272 e. The van der Waals surface area contributed by atoms with E-state index in [0.29, 0.717) is 25.2 Å². The molecule has 2 aliphatic rings.